The number of hydrogen-bond acceptors (Lipinski definition) is 19. The first-order valence-electron chi connectivity index (χ1n) is 30.9. The summed E-state index contributed by atoms with van der Waals surface area (Å²) in [5.74, 6) is 1.91. The molecule has 10 rings (SSSR count). The predicted molar refractivity (Wildman–Crippen MR) is 349 cm³/mol. The van der Waals surface area contributed by atoms with E-state index in [4.69, 9.17) is 70.9 Å². The summed E-state index contributed by atoms with van der Waals surface area (Å²) in [5.41, 5.74) is 6.03. The molecule has 2 N–H and O–H groups in total. The zero-order valence-corrected chi connectivity index (χ0v) is 59.1. The Bertz CT molecular complexity index is 3160. The zero-order valence-electron chi connectivity index (χ0n) is 52.3. The van der Waals surface area contributed by atoms with Crippen molar-refractivity contribution in [2.24, 2.45) is 0 Å². The predicted octanol–water partition coefficient (Wildman–Crippen LogP) is 13.4. The maximum atomic E-state index is 10.6. The van der Waals surface area contributed by atoms with Gasteiger partial charge < -0.3 is 71.7 Å². The highest BCUT2D eigenvalue weighted by molar-refractivity contribution is 7.93. The van der Waals surface area contributed by atoms with Crippen LogP contribution in [0, 0.1) is 6.92 Å². The molecule has 89 heavy (non-hydrogen) atoms. The molecule has 480 valence electrons. The Labute approximate surface area is 535 Å². The van der Waals surface area contributed by atoms with Crippen molar-refractivity contribution in [3.8, 4) is 28.7 Å². The lowest BCUT2D eigenvalue weighted by molar-refractivity contribution is -0.403. The van der Waals surface area contributed by atoms with Crippen molar-refractivity contribution in [1.29, 1.82) is 0 Å². The van der Waals surface area contributed by atoms with E-state index in [1.54, 1.807) is 56.9 Å². The highest BCUT2D eigenvalue weighted by Crippen LogP contribution is 2.44. The lowest BCUT2D eigenvalue weighted by Crippen LogP contribution is -2.80. The summed E-state index contributed by atoms with van der Waals surface area (Å²) in [7, 11) is -22.1. The van der Waals surface area contributed by atoms with Gasteiger partial charge in [0.2, 0.25) is 0 Å². The van der Waals surface area contributed by atoms with Gasteiger partial charge in [0.25, 0.3) is 0 Å². The lowest BCUT2D eigenvalue weighted by atomic mass is 9.98. The van der Waals surface area contributed by atoms with E-state index in [0.717, 1.165) is 102 Å². The van der Waals surface area contributed by atoms with Gasteiger partial charge in [-0.1, -0.05) is 129 Å². The van der Waals surface area contributed by atoms with Crippen LogP contribution in [0.5, 0.6) is 28.7 Å². The average Bonchev–Trinajstić information content (AvgIpc) is 1.49. The molecule has 2 aliphatic carbocycles. The van der Waals surface area contributed by atoms with Crippen LogP contribution >= 0.6 is 12.0 Å². The Morgan fingerprint density at radius 2 is 0.798 bits per heavy atom. The summed E-state index contributed by atoms with van der Waals surface area (Å²) >= 11 is 1.00. The smallest absolute Gasteiger partial charge is 0.490 e. The van der Waals surface area contributed by atoms with Crippen molar-refractivity contribution in [3.05, 3.63) is 185 Å². The van der Waals surface area contributed by atoms with E-state index in [1.165, 1.54) is 12.8 Å². The van der Waals surface area contributed by atoms with Crippen molar-refractivity contribution in [3.63, 3.8) is 0 Å². The van der Waals surface area contributed by atoms with Gasteiger partial charge in [-0.2, -0.15) is 0 Å². The molecule has 0 aromatic heterocycles. The first kappa shape index (κ1) is 67.3. The maximum absolute atomic E-state index is 10.6. The number of aryl methyl sites for hydroxylation is 1. The van der Waals surface area contributed by atoms with Crippen LogP contribution in [0.1, 0.15) is 117 Å². The van der Waals surface area contributed by atoms with Gasteiger partial charge >= 0.3 is 52.3 Å². The topological polar surface area (TPSA) is 188 Å². The van der Waals surface area contributed by atoms with Gasteiger partial charge in [-0.25, -0.2) is 0 Å². The first-order chi connectivity index (χ1) is 42.8. The fourth-order valence-electron chi connectivity index (χ4n) is 12.3. The van der Waals surface area contributed by atoms with E-state index in [0.29, 0.717) is 23.3 Å². The minimum Gasteiger partial charge on any atom is -0.508 e. The quantitative estimate of drug-likeness (QED) is 0.0130. The van der Waals surface area contributed by atoms with E-state index in [9.17, 15) is 10.2 Å². The summed E-state index contributed by atoms with van der Waals surface area (Å²) in [5, 5.41) is 26.1. The van der Waals surface area contributed by atoms with E-state index in [-0.39, 0.29) is 53.9 Å². The highest BCUT2D eigenvalue weighted by atomic mass is 32.2. The molecule has 4 fully saturated rings. The van der Waals surface area contributed by atoms with Crippen LogP contribution < -0.4 is 14.4 Å². The van der Waals surface area contributed by atoms with Crippen LogP contribution in [0.3, 0.4) is 0 Å². The Morgan fingerprint density at radius 3 is 1.19 bits per heavy atom. The van der Waals surface area contributed by atoms with Crippen molar-refractivity contribution in [2.45, 2.75) is 159 Å². The molecule has 25 heteroatoms. The van der Waals surface area contributed by atoms with Crippen molar-refractivity contribution in [2.75, 3.05) is 20.5 Å². The van der Waals surface area contributed by atoms with Gasteiger partial charge in [-0.15, -0.1) is 4.33 Å². The minimum absolute atomic E-state index is 0.0571. The molecule has 2 aliphatic heterocycles. The summed E-state index contributed by atoms with van der Waals surface area (Å²) in [6.07, 6.45) is 12.3. The Hall–Kier alpha value is -4.55. The number of phenols is 2. The minimum atomic E-state index is -4.56. The van der Waals surface area contributed by atoms with Gasteiger partial charge in [-0.05, 0) is 159 Å². The third-order valence-corrected chi connectivity index (χ3v) is 42.5. The third-order valence-electron chi connectivity index (χ3n) is 16.2. The largest absolute Gasteiger partial charge is 0.508 e. The molecule has 0 amide bonds. The van der Waals surface area contributed by atoms with Crippen LogP contribution in [0.15, 0.2) is 146 Å². The first-order valence-corrected chi connectivity index (χ1v) is 44.8. The fourth-order valence-corrected chi connectivity index (χ4v) is 44.8. The van der Waals surface area contributed by atoms with Gasteiger partial charge in [0.05, 0.1) is 12.2 Å². The van der Waals surface area contributed by atoms with Crippen LogP contribution in [0.25, 0.3) is 0 Å². The molecule has 0 radical (unpaired) electrons. The molecule has 6 aromatic carbocycles. The number of phenolic OH excluding ortho intramolecular Hbond substituents is 2. The van der Waals surface area contributed by atoms with E-state index < -0.39 is 64.9 Å². The molecule has 2 saturated heterocycles. The number of aromatic hydroxyl groups is 2. The van der Waals surface area contributed by atoms with Crippen LogP contribution in [0.4, 0.5) is 0 Å². The molecule has 8 unspecified atom stereocenters. The second-order valence-corrected chi connectivity index (χ2v) is 43.1. The number of rotatable bonds is 26. The van der Waals surface area contributed by atoms with Crippen LogP contribution in [-0.4, -0.2) is 108 Å². The molecule has 6 aromatic rings. The molecule has 2 heterocycles. The van der Waals surface area contributed by atoms with Gasteiger partial charge in [-0.3, -0.25) is 0 Å². The molecule has 0 spiro atoms. The second kappa shape index (κ2) is 30.5. The molecular weight excluding hydrogens is 1260 g/mol. The monoisotopic (exact) mass is 1340 g/mol. The molecule has 2 saturated carbocycles. The third kappa shape index (κ3) is 19.1. The molecule has 8 atom stereocenters. The van der Waals surface area contributed by atoms with Gasteiger partial charge in [0.15, 0.2) is 18.3 Å². The van der Waals surface area contributed by atoms with Crippen LogP contribution in [-0.2, 0) is 92.8 Å². The standard InChI is InChI=1S/C64H86O18SSi6/c1-49-19-21-54(22-20-49)47-88-77-84(7,43-52-23-33-58(65)34-24-52)76-85(8,44-53-25-35-59(66)36-26-53)78-89(82-88,48-57-31-41-64(42-32-57)73-74-75-83-6)81-87(68-5,46-56-29-39-63(40-30-56)72-51(3)70-61-17-13-10-14-18-61)79-86(67-4,80-88)45-55-27-37-62(38-28-55)71-50(2)69-60-15-11-9-12-16-60/h19-42,50-51,60-61,65-66H,9-18,43-48H2,1-8H3. The fraction of sp³-hybridized carbons (Fsp3) is 0.438. The Morgan fingerprint density at radius 1 is 0.438 bits per heavy atom. The highest BCUT2D eigenvalue weighted by Gasteiger charge is 2.72. The van der Waals surface area contributed by atoms with Crippen molar-refractivity contribution in [1.82, 2.24) is 0 Å². The summed E-state index contributed by atoms with van der Waals surface area (Å²) < 4.78 is 100. The van der Waals surface area contributed by atoms with Gasteiger partial charge in [0, 0.05) is 68.8 Å². The molecular formula is C64H86O18SSi6. The lowest BCUT2D eigenvalue weighted by Gasteiger charge is -2.55. The Kier molecular flexibility index (Phi) is 23.1. The summed E-state index contributed by atoms with van der Waals surface area (Å²) in [6.45, 7) is 9.96. The SMILES string of the molecule is CO[Si]1(Cc2ccc(OC(C)OC3CCCCC3)cc2)O[Si](Cc2ccc(OC(C)OC3CCCCC3)cc2)(OC)O[Si]2(Cc3ccc(OOOSC)cc3)O[Si](C)(Cc3ccc(O)cc3)O[Si](C)(Cc3ccc(O)cc3)O[Si](Cc3ccc(C)cc3)(O1)O2. The summed E-state index contributed by atoms with van der Waals surface area (Å²) in [4.78, 5) is 5.47. The number of fused-ring (bicyclic) bond motifs is 2. The number of ether oxygens (including phenoxy) is 4. The maximum Gasteiger partial charge on any atom is 0.490 e. The van der Waals surface area contributed by atoms with E-state index >= 15 is 0 Å². The van der Waals surface area contributed by atoms with Gasteiger partial charge in [0.1, 0.15) is 23.0 Å². The second-order valence-electron chi connectivity index (χ2n) is 24.0. The molecule has 2 bridgehead atoms. The van der Waals surface area contributed by atoms with E-state index in [2.05, 4.69) is 24.3 Å². The number of benzene rings is 6. The van der Waals surface area contributed by atoms with Crippen LogP contribution in [0.2, 0.25) is 13.1 Å². The molecule has 18 nitrogen and oxygen atoms in total. The van der Waals surface area contributed by atoms with E-state index in [1.807, 2.05) is 119 Å². The normalized spacial score (nSPS) is 26.9. The number of hydrogen-bond donors (Lipinski definition) is 2. The molecule has 4 aliphatic rings. The van der Waals surface area contributed by atoms with Crippen molar-refractivity contribution >= 4 is 64.4 Å². The van der Waals surface area contributed by atoms with Crippen molar-refractivity contribution < 1.29 is 81.1 Å². The Balaban J connectivity index is 1.12. The zero-order chi connectivity index (χ0) is 62.5. The summed E-state index contributed by atoms with van der Waals surface area (Å²) in [6, 6.07) is 46.3. The average molecular weight is 1340 g/mol.